The normalized spacial score (nSPS) is 21.4. The number of aliphatic carboxylic acids is 1. The zero-order valence-electron chi connectivity index (χ0n) is 15.9. The zero-order valence-corrected chi connectivity index (χ0v) is 15.9. The van der Waals surface area contributed by atoms with E-state index in [2.05, 4.69) is 10.6 Å². The molecule has 9 heteroatoms. The number of rotatable bonds is 5. The van der Waals surface area contributed by atoms with Crippen LogP contribution in [-0.2, 0) is 25.6 Å². The molecule has 3 atom stereocenters. The lowest BCUT2D eigenvalue weighted by molar-refractivity contribution is -0.140. The number of hydrogen-bond acceptors (Lipinski definition) is 5. The van der Waals surface area contributed by atoms with Crippen LogP contribution in [0.2, 0.25) is 0 Å². The molecule has 3 rings (SSSR count). The van der Waals surface area contributed by atoms with Gasteiger partial charge < -0.3 is 20.5 Å². The fraction of sp³-hybridized carbons (Fsp3) is 0.474. The number of carbonyl (C=O) groups excluding carboxylic acids is 3. The first-order chi connectivity index (χ1) is 13.2. The second kappa shape index (κ2) is 7.49. The molecule has 0 unspecified atom stereocenters. The van der Waals surface area contributed by atoms with E-state index in [1.54, 1.807) is 32.0 Å². The Labute approximate surface area is 162 Å². The third kappa shape index (κ3) is 3.51. The lowest BCUT2D eigenvalue weighted by Gasteiger charge is -2.27. The number of ether oxygens (including phenoxy) is 1. The highest BCUT2D eigenvalue weighted by molar-refractivity contribution is 6.07. The van der Waals surface area contributed by atoms with Crippen LogP contribution >= 0.6 is 0 Å². The van der Waals surface area contributed by atoms with Crippen molar-refractivity contribution in [1.29, 1.82) is 0 Å². The Morgan fingerprint density at radius 2 is 2.00 bits per heavy atom. The van der Waals surface area contributed by atoms with E-state index < -0.39 is 35.9 Å². The lowest BCUT2D eigenvalue weighted by Crippen LogP contribution is -2.58. The second-order valence-corrected chi connectivity index (χ2v) is 7.32. The first-order valence-corrected chi connectivity index (χ1v) is 9.08. The third-order valence-corrected chi connectivity index (χ3v) is 4.90. The van der Waals surface area contributed by atoms with Crippen molar-refractivity contribution >= 4 is 29.4 Å². The van der Waals surface area contributed by atoms with Gasteiger partial charge in [0, 0.05) is 13.3 Å². The van der Waals surface area contributed by atoms with Gasteiger partial charge >= 0.3 is 5.97 Å². The lowest BCUT2D eigenvalue weighted by atomic mass is 10.0. The second-order valence-electron chi connectivity index (χ2n) is 7.32. The van der Waals surface area contributed by atoms with Crippen molar-refractivity contribution in [2.24, 2.45) is 5.92 Å². The van der Waals surface area contributed by atoms with Gasteiger partial charge in [-0.25, -0.2) is 4.79 Å². The highest BCUT2D eigenvalue weighted by Crippen LogP contribution is 2.42. The van der Waals surface area contributed by atoms with Gasteiger partial charge in [0.05, 0.1) is 5.69 Å². The monoisotopic (exact) mass is 389 g/mol. The molecule has 0 saturated heterocycles. The molecule has 9 nitrogen and oxygen atoms in total. The Balaban J connectivity index is 1.88. The van der Waals surface area contributed by atoms with Gasteiger partial charge in [0.1, 0.15) is 30.5 Å². The van der Waals surface area contributed by atoms with Crippen LogP contribution in [0.25, 0.3) is 0 Å². The molecule has 1 aromatic rings. The maximum Gasteiger partial charge on any atom is 0.327 e. The summed E-state index contributed by atoms with van der Waals surface area (Å²) in [6, 6.07) is 2.23. The maximum absolute atomic E-state index is 13.1. The Kier molecular flexibility index (Phi) is 5.26. The number of carboxylic acid groups (broad SMARTS) is 1. The van der Waals surface area contributed by atoms with Crippen LogP contribution < -0.4 is 20.3 Å². The maximum atomic E-state index is 13.1. The Morgan fingerprint density at radius 1 is 1.29 bits per heavy atom. The molecular weight excluding hydrogens is 366 g/mol. The molecule has 2 heterocycles. The molecule has 0 fully saturated rings. The Hall–Kier alpha value is -3.10. The number of benzene rings is 1. The van der Waals surface area contributed by atoms with E-state index in [0.717, 1.165) is 0 Å². The number of nitrogens with zero attached hydrogens (tertiary/aromatic N) is 1. The summed E-state index contributed by atoms with van der Waals surface area (Å²) in [4.78, 5) is 50.1. The summed E-state index contributed by atoms with van der Waals surface area (Å²) < 4.78 is 5.72. The molecule has 1 aromatic carbocycles. The van der Waals surface area contributed by atoms with Crippen LogP contribution in [0.3, 0.4) is 0 Å². The minimum atomic E-state index is -1.12. The minimum absolute atomic E-state index is 0.130. The van der Waals surface area contributed by atoms with Crippen LogP contribution in [0.15, 0.2) is 18.2 Å². The summed E-state index contributed by atoms with van der Waals surface area (Å²) in [6.07, 6.45) is 0.175. The molecule has 0 bridgehead atoms. The first-order valence-electron chi connectivity index (χ1n) is 9.08. The number of anilines is 1. The van der Waals surface area contributed by atoms with Gasteiger partial charge in [-0.05, 0) is 17.5 Å². The number of carboxylic acids is 1. The molecule has 3 N–H and O–H groups in total. The van der Waals surface area contributed by atoms with Gasteiger partial charge in [0.2, 0.25) is 11.8 Å². The average Bonchev–Trinajstić information content (AvgIpc) is 2.96. The van der Waals surface area contributed by atoms with Crippen molar-refractivity contribution in [3.05, 3.63) is 23.8 Å². The number of hydrogen-bond donors (Lipinski definition) is 3. The predicted octanol–water partition coefficient (Wildman–Crippen LogP) is 0.0668. The topological polar surface area (TPSA) is 125 Å². The SMILES string of the molecule is CC(=O)N[C@H](C(=O)N[C@H]1COc2cccc3c2N(C1=O)[C@H](C(=O)O)C3)C(C)C. The van der Waals surface area contributed by atoms with Crippen molar-refractivity contribution in [2.75, 3.05) is 11.5 Å². The van der Waals surface area contributed by atoms with Crippen molar-refractivity contribution in [3.63, 3.8) is 0 Å². The standard InChI is InChI=1S/C19H23N3O6/c1-9(2)15(20-10(3)23)17(24)21-12-8-28-14-6-4-5-11-7-13(19(26)27)22(16(11)14)18(12)25/h4-6,9,12-13,15H,7-8H2,1-3H3,(H,20,23)(H,21,24)(H,26,27)/t12-,13-,15-/m0/s1. The quantitative estimate of drug-likeness (QED) is 0.654. The van der Waals surface area contributed by atoms with Gasteiger partial charge in [0.15, 0.2) is 0 Å². The summed E-state index contributed by atoms with van der Waals surface area (Å²) in [6.45, 7) is 4.72. The van der Waals surface area contributed by atoms with E-state index in [4.69, 9.17) is 4.74 Å². The molecule has 0 aliphatic carbocycles. The van der Waals surface area contributed by atoms with Crippen molar-refractivity contribution < 1.29 is 29.0 Å². The van der Waals surface area contributed by atoms with Crippen LogP contribution in [0.1, 0.15) is 26.3 Å². The zero-order chi connectivity index (χ0) is 20.6. The molecule has 2 aliphatic rings. The number of carbonyl (C=O) groups is 4. The smallest absolute Gasteiger partial charge is 0.327 e. The van der Waals surface area contributed by atoms with E-state index in [1.165, 1.54) is 11.8 Å². The molecular formula is C19H23N3O6. The van der Waals surface area contributed by atoms with E-state index in [1.807, 2.05) is 0 Å². The fourth-order valence-electron chi connectivity index (χ4n) is 3.57. The van der Waals surface area contributed by atoms with Crippen LogP contribution in [-0.4, -0.2) is 53.5 Å². The number of para-hydroxylation sites is 1. The molecule has 0 radical (unpaired) electrons. The first kappa shape index (κ1) is 19.7. The summed E-state index contributed by atoms with van der Waals surface area (Å²) in [5, 5.41) is 14.8. The largest absolute Gasteiger partial charge is 0.489 e. The van der Waals surface area contributed by atoms with E-state index in [0.29, 0.717) is 17.0 Å². The van der Waals surface area contributed by atoms with Gasteiger partial charge in [-0.3, -0.25) is 19.3 Å². The summed E-state index contributed by atoms with van der Waals surface area (Å²) >= 11 is 0. The van der Waals surface area contributed by atoms with Crippen molar-refractivity contribution in [1.82, 2.24) is 10.6 Å². The molecule has 0 spiro atoms. The minimum Gasteiger partial charge on any atom is -0.489 e. The average molecular weight is 389 g/mol. The van der Waals surface area contributed by atoms with Crippen LogP contribution in [0.5, 0.6) is 5.75 Å². The van der Waals surface area contributed by atoms with Gasteiger partial charge in [0.25, 0.3) is 5.91 Å². The molecule has 3 amide bonds. The highest BCUT2D eigenvalue weighted by Gasteiger charge is 2.45. The highest BCUT2D eigenvalue weighted by atomic mass is 16.5. The van der Waals surface area contributed by atoms with Gasteiger partial charge in [-0.1, -0.05) is 26.0 Å². The summed E-state index contributed by atoms with van der Waals surface area (Å²) in [7, 11) is 0. The molecule has 28 heavy (non-hydrogen) atoms. The Bertz CT molecular complexity index is 837. The summed E-state index contributed by atoms with van der Waals surface area (Å²) in [5.74, 6) is -2.35. The van der Waals surface area contributed by atoms with Crippen LogP contribution in [0.4, 0.5) is 5.69 Å². The molecule has 150 valence electrons. The fourth-order valence-corrected chi connectivity index (χ4v) is 3.57. The van der Waals surface area contributed by atoms with E-state index >= 15 is 0 Å². The van der Waals surface area contributed by atoms with E-state index in [-0.39, 0.29) is 24.9 Å². The Morgan fingerprint density at radius 3 is 2.61 bits per heavy atom. The van der Waals surface area contributed by atoms with Gasteiger partial charge in [-0.15, -0.1) is 0 Å². The molecule has 0 saturated carbocycles. The van der Waals surface area contributed by atoms with Gasteiger partial charge in [-0.2, -0.15) is 0 Å². The predicted molar refractivity (Wildman–Crippen MR) is 98.9 cm³/mol. The summed E-state index contributed by atoms with van der Waals surface area (Å²) in [5.41, 5.74) is 1.16. The van der Waals surface area contributed by atoms with Crippen LogP contribution in [0, 0.1) is 5.92 Å². The van der Waals surface area contributed by atoms with Crippen molar-refractivity contribution in [2.45, 2.75) is 45.3 Å². The molecule has 0 aromatic heterocycles. The third-order valence-electron chi connectivity index (χ3n) is 4.90. The van der Waals surface area contributed by atoms with E-state index in [9.17, 15) is 24.3 Å². The number of amides is 3. The number of nitrogens with one attached hydrogen (secondary N) is 2. The van der Waals surface area contributed by atoms with Crippen molar-refractivity contribution in [3.8, 4) is 5.75 Å². The molecule has 2 aliphatic heterocycles.